The third-order valence-corrected chi connectivity index (χ3v) is 7.12. The predicted molar refractivity (Wildman–Crippen MR) is 135 cm³/mol. The first-order chi connectivity index (χ1) is 21.8. The van der Waals surface area contributed by atoms with E-state index in [1.54, 1.807) is 0 Å². The van der Waals surface area contributed by atoms with E-state index in [0.717, 1.165) is 57.3 Å². The first-order valence-corrected chi connectivity index (χ1v) is 14.0. The van der Waals surface area contributed by atoms with E-state index in [1.165, 1.54) is 0 Å². The summed E-state index contributed by atoms with van der Waals surface area (Å²) >= 11 is 0. The van der Waals surface area contributed by atoms with Crippen LogP contribution in [0.3, 0.4) is 0 Å². The SMILES string of the molecule is CCCCCCCCCCOc1cnc(-c2ccc(C(F)(F)C(F)(F)C(F)(F)C(F)(F)C(F)(F)C(F)(F)C(F)(F)C(F)(F)F)cc2)nc1. The second-order valence-corrected chi connectivity index (χ2v) is 10.7. The second-order valence-electron chi connectivity index (χ2n) is 10.7. The van der Waals surface area contributed by atoms with Crippen molar-refractivity contribution < 1.29 is 79.4 Å². The van der Waals surface area contributed by atoms with Crippen molar-refractivity contribution in [3.05, 3.63) is 42.2 Å². The van der Waals surface area contributed by atoms with Gasteiger partial charge in [-0.1, -0.05) is 76.1 Å². The molecule has 1 aromatic heterocycles. The van der Waals surface area contributed by atoms with Crippen molar-refractivity contribution in [1.82, 2.24) is 9.97 Å². The van der Waals surface area contributed by atoms with Gasteiger partial charge in [0.05, 0.1) is 19.0 Å². The van der Waals surface area contributed by atoms with Gasteiger partial charge < -0.3 is 4.74 Å². The molecule has 3 nitrogen and oxygen atoms in total. The Hall–Kier alpha value is -3.09. The van der Waals surface area contributed by atoms with Crippen molar-refractivity contribution >= 4 is 0 Å². The predicted octanol–water partition coefficient (Wildman–Crippen LogP) is 11.1. The number of hydrogen-bond donors (Lipinski definition) is 0. The van der Waals surface area contributed by atoms with Crippen molar-refractivity contribution in [2.24, 2.45) is 0 Å². The molecule has 274 valence electrons. The lowest BCUT2D eigenvalue weighted by atomic mass is 9.87. The molecule has 0 radical (unpaired) electrons. The van der Waals surface area contributed by atoms with Gasteiger partial charge in [-0.2, -0.15) is 74.6 Å². The molecule has 0 unspecified atom stereocenters. The Morgan fingerprint density at radius 3 is 1.33 bits per heavy atom. The number of nitrogens with zero attached hydrogens (tertiary/aromatic N) is 2. The molecule has 0 aliphatic rings. The number of alkyl halides is 17. The summed E-state index contributed by atoms with van der Waals surface area (Å²) in [5.41, 5.74) is -2.60. The average molecular weight is 731 g/mol. The van der Waals surface area contributed by atoms with Crippen molar-refractivity contribution in [2.75, 3.05) is 6.61 Å². The quantitative estimate of drug-likeness (QED) is 0.113. The molecule has 0 N–H and O–H groups in total. The minimum absolute atomic E-state index is 0.113. The highest BCUT2D eigenvalue weighted by molar-refractivity contribution is 5.55. The van der Waals surface area contributed by atoms with Crippen LogP contribution in [0.25, 0.3) is 11.4 Å². The van der Waals surface area contributed by atoms with E-state index in [1.807, 2.05) is 0 Å². The van der Waals surface area contributed by atoms with Gasteiger partial charge in [0, 0.05) is 11.1 Å². The molecule has 20 heteroatoms. The third-order valence-electron chi connectivity index (χ3n) is 7.12. The Morgan fingerprint density at radius 1 is 0.500 bits per heavy atom. The highest BCUT2D eigenvalue weighted by atomic mass is 19.4. The maximum absolute atomic E-state index is 14.5. The Kier molecular flexibility index (Phi) is 12.3. The summed E-state index contributed by atoms with van der Waals surface area (Å²) in [5.74, 6) is -57.0. The fraction of sp³-hybridized carbons (Fsp3) is 0.643. The van der Waals surface area contributed by atoms with Gasteiger partial charge in [-0.25, -0.2) is 9.97 Å². The lowest BCUT2D eigenvalue weighted by Crippen LogP contribution is -2.74. The normalized spacial score (nSPS) is 14.4. The summed E-state index contributed by atoms with van der Waals surface area (Å²) < 4.78 is 236. The Labute approximate surface area is 261 Å². The van der Waals surface area contributed by atoms with Gasteiger partial charge in [0.1, 0.15) is 0 Å². The van der Waals surface area contributed by atoms with Gasteiger partial charge in [0.2, 0.25) is 0 Å². The monoisotopic (exact) mass is 730 g/mol. The van der Waals surface area contributed by atoms with Crippen molar-refractivity contribution in [3.63, 3.8) is 0 Å². The summed E-state index contributed by atoms with van der Waals surface area (Å²) in [6, 6.07) is 0.688. The lowest BCUT2D eigenvalue weighted by molar-refractivity contribution is -0.462. The summed E-state index contributed by atoms with van der Waals surface area (Å²) in [6.45, 7) is 2.38. The fourth-order valence-corrected chi connectivity index (χ4v) is 4.14. The zero-order chi connectivity index (χ0) is 37.0. The first-order valence-electron chi connectivity index (χ1n) is 14.0. The Morgan fingerprint density at radius 2 is 0.896 bits per heavy atom. The maximum atomic E-state index is 14.5. The number of unbranched alkanes of at least 4 members (excludes halogenated alkanes) is 7. The fourth-order valence-electron chi connectivity index (χ4n) is 4.14. The Balaban J connectivity index is 2.22. The van der Waals surface area contributed by atoms with Crippen LogP contribution < -0.4 is 4.74 Å². The molecule has 0 atom stereocenters. The number of hydrogen-bond acceptors (Lipinski definition) is 3. The van der Waals surface area contributed by atoms with Gasteiger partial charge in [-0.15, -0.1) is 0 Å². The maximum Gasteiger partial charge on any atom is 0.460 e. The lowest BCUT2D eigenvalue weighted by Gasteiger charge is -2.42. The summed E-state index contributed by atoms with van der Waals surface area (Å²) in [6.07, 6.45) is 2.62. The van der Waals surface area contributed by atoms with Crippen LogP contribution in [0, 0.1) is 0 Å². The smallest absolute Gasteiger partial charge is 0.460 e. The molecule has 0 aliphatic heterocycles. The molecule has 0 aliphatic carbocycles. The number of halogens is 17. The summed E-state index contributed by atoms with van der Waals surface area (Å²) in [4.78, 5) is 7.64. The van der Waals surface area contributed by atoms with Crippen molar-refractivity contribution in [1.29, 1.82) is 0 Å². The molecule has 0 saturated carbocycles. The van der Waals surface area contributed by atoms with Crippen LogP contribution in [-0.4, -0.2) is 58.3 Å². The molecule has 0 fully saturated rings. The van der Waals surface area contributed by atoms with E-state index < -0.39 is 53.2 Å². The number of rotatable bonds is 18. The molecule has 2 aromatic rings. The van der Waals surface area contributed by atoms with Crippen molar-refractivity contribution in [2.45, 2.75) is 106 Å². The van der Waals surface area contributed by atoms with Crippen LogP contribution in [0.4, 0.5) is 74.6 Å². The molecule has 0 spiro atoms. The van der Waals surface area contributed by atoms with Crippen LogP contribution in [0.5, 0.6) is 5.75 Å². The Bertz CT molecular complexity index is 1310. The number of benzene rings is 1. The van der Waals surface area contributed by atoms with E-state index in [2.05, 4.69) is 16.9 Å². The molecule has 0 saturated heterocycles. The topological polar surface area (TPSA) is 35.0 Å². The van der Waals surface area contributed by atoms with E-state index in [0.29, 0.717) is 18.6 Å². The van der Waals surface area contributed by atoms with Crippen LogP contribution in [0.15, 0.2) is 36.7 Å². The van der Waals surface area contributed by atoms with E-state index >= 15 is 0 Å². The molecule has 2 rings (SSSR count). The third kappa shape index (κ3) is 7.40. The minimum atomic E-state index is -8.67. The van der Waals surface area contributed by atoms with Crippen molar-refractivity contribution in [3.8, 4) is 17.1 Å². The summed E-state index contributed by atoms with van der Waals surface area (Å²) in [7, 11) is 0. The standard InChI is InChI=1S/C28H27F17N2O/c1-2-3-4-5-6-7-8-9-14-48-19-15-46-20(47-16-19)17-10-12-18(13-11-17)21(29,30)22(31,32)23(33,34)24(35,36)25(37,38)26(39,40)27(41,42)28(43,44)45/h10-13,15-16H,2-9,14H2,1H3. The molecule has 1 heterocycles. The van der Waals surface area contributed by atoms with Gasteiger partial charge in [-0.3, -0.25) is 0 Å². The molecule has 0 bridgehead atoms. The van der Waals surface area contributed by atoms with Gasteiger partial charge in [-0.05, 0) is 6.42 Å². The number of aromatic nitrogens is 2. The van der Waals surface area contributed by atoms with Gasteiger partial charge in [0.15, 0.2) is 11.6 Å². The average Bonchev–Trinajstić information content (AvgIpc) is 2.99. The molecule has 1 aromatic carbocycles. The largest absolute Gasteiger partial charge is 0.490 e. The first kappa shape index (κ1) is 41.1. The van der Waals surface area contributed by atoms with Crippen LogP contribution in [-0.2, 0) is 5.92 Å². The van der Waals surface area contributed by atoms with Crippen LogP contribution in [0.2, 0.25) is 0 Å². The summed E-state index contributed by atoms with van der Waals surface area (Å²) in [5, 5.41) is 0. The molecule has 48 heavy (non-hydrogen) atoms. The van der Waals surface area contributed by atoms with Gasteiger partial charge >= 0.3 is 47.6 Å². The highest BCUT2D eigenvalue weighted by Gasteiger charge is 2.95. The molecular formula is C28H27F17N2O. The second kappa shape index (κ2) is 14.4. The zero-order valence-corrected chi connectivity index (χ0v) is 24.6. The zero-order valence-electron chi connectivity index (χ0n) is 24.6. The number of ether oxygens (including phenoxy) is 1. The van der Waals surface area contributed by atoms with Crippen LogP contribution >= 0.6 is 0 Å². The molecule has 0 amide bonds. The van der Waals surface area contributed by atoms with E-state index in [4.69, 9.17) is 4.74 Å². The molecular weight excluding hydrogens is 703 g/mol. The van der Waals surface area contributed by atoms with E-state index in [9.17, 15) is 74.6 Å². The highest BCUT2D eigenvalue weighted by Crippen LogP contribution is 2.65. The minimum Gasteiger partial charge on any atom is -0.490 e. The van der Waals surface area contributed by atoms with Crippen LogP contribution in [0.1, 0.15) is 63.9 Å². The van der Waals surface area contributed by atoms with E-state index in [-0.39, 0.29) is 35.9 Å². The van der Waals surface area contributed by atoms with Gasteiger partial charge in [0.25, 0.3) is 0 Å².